The second-order valence-corrected chi connectivity index (χ2v) is 7.26. The predicted molar refractivity (Wildman–Crippen MR) is 73.5 cm³/mol. The van der Waals surface area contributed by atoms with Crippen LogP contribution in [0.25, 0.3) is 0 Å². The van der Waals surface area contributed by atoms with Crippen LogP contribution in [0.15, 0.2) is 6.33 Å². The van der Waals surface area contributed by atoms with Gasteiger partial charge in [0.1, 0.15) is 12.2 Å². The van der Waals surface area contributed by atoms with E-state index in [-0.39, 0.29) is 17.4 Å². The third-order valence-corrected chi connectivity index (χ3v) is 5.71. The molecule has 1 heterocycles. The highest BCUT2D eigenvalue weighted by molar-refractivity contribution is 5.83. The van der Waals surface area contributed by atoms with Gasteiger partial charge < -0.3 is 5.32 Å². The minimum absolute atomic E-state index is 0.0803. The molecule has 1 aromatic heterocycles. The van der Waals surface area contributed by atoms with Crippen molar-refractivity contribution >= 4 is 5.91 Å². The van der Waals surface area contributed by atoms with Gasteiger partial charge in [0.15, 0.2) is 0 Å². The van der Waals surface area contributed by atoms with Gasteiger partial charge in [0.2, 0.25) is 5.91 Å². The van der Waals surface area contributed by atoms with Crippen LogP contribution in [0.5, 0.6) is 0 Å². The fraction of sp³-hybridized carbons (Fsp3) is 0.800. The van der Waals surface area contributed by atoms with Gasteiger partial charge in [-0.3, -0.25) is 9.89 Å². The maximum absolute atomic E-state index is 12.8. The summed E-state index contributed by atoms with van der Waals surface area (Å²) in [4.78, 5) is 17.0. The molecule has 108 valence electrons. The number of aromatic nitrogens is 3. The van der Waals surface area contributed by atoms with Gasteiger partial charge in [-0.2, -0.15) is 5.10 Å². The van der Waals surface area contributed by atoms with Crippen molar-refractivity contribution in [3.63, 3.8) is 0 Å². The number of carbonyl (C=O) groups excluding carboxylic acids is 1. The molecule has 20 heavy (non-hydrogen) atoms. The smallest absolute Gasteiger partial charge is 0.226 e. The lowest BCUT2D eigenvalue weighted by Crippen LogP contribution is -2.53. The number of nitrogens with one attached hydrogen (secondary N) is 2. The molecule has 5 rings (SSSR count). The van der Waals surface area contributed by atoms with Gasteiger partial charge in [0, 0.05) is 5.41 Å². The molecule has 1 amide bonds. The largest absolute Gasteiger partial charge is 0.346 e. The third-order valence-electron chi connectivity index (χ3n) is 5.71. The molecule has 4 fully saturated rings. The van der Waals surface area contributed by atoms with Crippen molar-refractivity contribution < 1.29 is 4.79 Å². The van der Waals surface area contributed by atoms with E-state index < -0.39 is 0 Å². The number of nitrogens with zero attached hydrogens (tertiary/aromatic N) is 2. The van der Waals surface area contributed by atoms with Gasteiger partial charge in [-0.25, -0.2) is 4.98 Å². The number of hydrogen-bond donors (Lipinski definition) is 2. The molecular weight excluding hydrogens is 252 g/mol. The van der Waals surface area contributed by atoms with Gasteiger partial charge in [-0.1, -0.05) is 0 Å². The van der Waals surface area contributed by atoms with Crippen molar-refractivity contribution in [1.29, 1.82) is 0 Å². The zero-order valence-electron chi connectivity index (χ0n) is 11.9. The fourth-order valence-corrected chi connectivity index (χ4v) is 5.23. The highest BCUT2D eigenvalue weighted by Crippen LogP contribution is 2.60. The van der Waals surface area contributed by atoms with Gasteiger partial charge >= 0.3 is 0 Å². The Morgan fingerprint density at radius 1 is 1.30 bits per heavy atom. The maximum Gasteiger partial charge on any atom is 0.226 e. The first-order valence-electron chi connectivity index (χ1n) is 7.81. The molecule has 1 aromatic rings. The van der Waals surface area contributed by atoms with Crippen molar-refractivity contribution in [3.05, 3.63) is 12.2 Å². The van der Waals surface area contributed by atoms with Crippen LogP contribution in [-0.2, 0) is 4.79 Å². The van der Waals surface area contributed by atoms with Crippen LogP contribution in [-0.4, -0.2) is 21.1 Å². The number of hydrogen-bond acceptors (Lipinski definition) is 3. The Hall–Kier alpha value is -1.39. The van der Waals surface area contributed by atoms with Gasteiger partial charge in [-0.05, 0) is 63.2 Å². The lowest BCUT2D eigenvalue weighted by atomic mass is 9.49. The Bertz CT molecular complexity index is 475. The molecular formula is C15H22N4O. The maximum atomic E-state index is 12.8. The molecule has 4 saturated carbocycles. The van der Waals surface area contributed by atoms with Crippen LogP contribution in [0.3, 0.4) is 0 Å². The fourth-order valence-electron chi connectivity index (χ4n) is 5.23. The van der Waals surface area contributed by atoms with E-state index in [2.05, 4.69) is 20.5 Å². The normalized spacial score (nSPS) is 39.8. The van der Waals surface area contributed by atoms with Gasteiger partial charge in [0.05, 0.1) is 6.04 Å². The van der Waals surface area contributed by atoms with Crippen molar-refractivity contribution in [2.75, 3.05) is 0 Å². The number of rotatable bonds is 3. The summed E-state index contributed by atoms with van der Waals surface area (Å²) in [6, 6.07) is -0.0852. The summed E-state index contributed by atoms with van der Waals surface area (Å²) in [5.74, 6) is 3.39. The topological polar surface area (TPSA) is 70.7 Å². The summed E-state index contributed by atoms with van der Waals surface area (Å²) < 4.78 is 0. The molecule has 4 bridgehead atoms. The van der Waals surface area contributed by atoms with Crippen molar-refractivity contribution in [3.8, 4) is 0 Å². The molecule has 1 atom stereocenters. The van der Waals surface area contributed by atoms with Crippen LogP contribution in [0.1, 0.15) is 57.3 Å². The minimum Gasteiger partial charge on any atom is -0.346 e. The first kappa shape index (κ1) is 12.4. The standard InChI is InChI=1S/C15H22N4O/c1-9(13-16-8-17-19-13)18-14(20)15-5-10-2-11(6-15)4-12(3-10)7-15/h8-12H,2-7H2,1H3,(H,18,20)(H,16,17,19). The zero-order chi connectivity index (χ0) is 13.7. The monoisotopic (exact) mass is 274 g/mol. The average molecular weight is 274 g/mol. The molecule has 0 aromatic carbocycles. The van der Waals surface area contributed by atoms with E-state index in [0.29, 0.717) is 0 Å². The predicted octanol–water partition coefficient (Wildman–Crippen LogP) is 2.20. The Kier molecular flexibility index (Phi) is 2.66. The van der Waals surface area contributed by atoms with Crippen LogP contribution >= 0.6 is 0 Å². The van der Waals surface area contributed by atoms with Crippen LogP contribution in [0.4, 0.5) is 0 Å². The van der Waals surface area contributed by atoms with E-state index in [1.54, 1.807) is 0 Å². The van der Waals surface area contributed by atoms with E-state index >= 15 is 0 Å². The minimum atomic E-state index is -0.0852. The molecule has 0 radical (unpaired) electrons. The molecule has 2 N–H and O–H groups in total. The number of carbonyl (C=O) groups is 1. The summed E-state index contributed by atoms with van der Waals surface area (Å²) in [6.45, 7) is 1.97. The van der Waals surface area contributed by atoms with Gasteiger partial charge in [0.25, 0.3) is 0 Å². The summed E-state index contributed by atoms with van der Waals surface area (Å²) in [5.41, 5.74) is -0.0803. The van der Waals surface area contributed by atoms with E-state index in [1.165, 1.54) is 25.6 Å². The Morgan fingerprint density at radius 2 is 1.90 bits per heavy atom. The van der Waals surface area contributed by atoms with Crippen LogP contribution in [0, 0.1) is 23.2 Å². The molecule has 5 nitrogen and oxygen atoms in total. The van der Waals surface area contributed by atoms with Gasteiger partial charge in [-0.15, -0.1) is 0 Å². The lowest BCUT2D eigenvalue weighted by Gasteiger charge is -2.55. The number of amides is 1. The molecule has 0 saturated heterocycles. The average Bonchev–Trinajstić information content (AvgIpc) is 2.90. The quantitative estimate of drug-likeness (QED) is 0.887. The van der Waals surface area contributed by atoms with E-state index in [4.69, 9.17) is 0 Å². The first-order valence-corrected chi connectivity index (χ1v) is 7.81. The number of aromatic amines is 1. The summed E-state index contributed by atoms with van der Waals surface area (Å²) in [5, 5.41) is 9.86. The van der Waals surface area contributed by atoms with Crippen LogP contribution in [0.2, 0.25) is 0 Å². The number of H-pyrrole nitrogens is 1. The van der Waals surface area contributed by atoms with Crippen molar-refractivity contribution in [2.45, 2.75) is 51.5 Å². The molecule has 0 aliphatic heterocycles. The van der Waals surface area contributed by atoms with E-state index in [9.17, 15) is 4.79 Å². The molecule has 0 spiro atoms. The molecule has 4 aliphatic carbocycles. The summed E-state index contributed by atoms with van der Waals surface area (Å²) in [7, 11) is 0. The summed E-state index contributed by atoms with van der Waals surface area (Å²) in [6.07, 6.45) is 8.90. The second-order valence-electron chi connectivity index (χ2n) is 7.26. The molecule has 5 heteroatoms. The Morgan fingerprint density at radius 3 is 2.40 bits per heavy atom. The van der Waals surface area contributed by atoms with Crippen molar-refractivity contribution in [1.82, 2.24) is 20.5 Å². The van der Waals surface area contributed by atoms with Crippen molar-refractivity contribution in [2.24, 2.45) is 23.2 Å². The Labute approximate surface area is 118 Å². The highest BCUT2D eigenvalue weighted by Gasteiger charge is 2.54. The Balaban J connectivity index is 1.51. The molecule has 4 aliphatic rings. The highest BCUT2D eigenvalue weighted by atomic mass is 16.2. The lowest BCUT2D eigenvalue weighted by molar-refractivity contribution is -0.147. The first-order chi connectivity index (χ1) is 9.64. The molecule has 1 unspecified atom stereocenters. The van der Waals surface area contributed by atoms with E-state index in [1.807, 2.05) is 6.92 Å². The second kappa shape index (κ2) is 4.30. The van der Waals surface area contributed by atoms with E-state index in [0.717, 1.165) is 42.8 Å². The zero-order valence-corrected chi connectivity index (χ0v) is 11.9. The SMILES string of the molecule is CC(NC(=O)C12CC3CC(CC(C3)C1)C2)c1ncn[nH]1. The van der Waals surface area contributed by atoms with Crippen LogP contribution < -0.4 is 5.32 Å². The summed E-state index contributed by atoms with van der Waals surface area (Å²) >= 11 is 0. The third kappa shape index (κ3) is 1.86.